The quantitative estimate of drug-likeness (QED) is 0.319. The molecule has 0 saturated heterocycles. The molecule has 0 amide bonds. The molecular formula is C22H14F4O3. The molecular weight excluding hydrogens is 388 g/mol. The van der Waals surface area contributed by atoms with Crippen LogP contribution < -0.4 is 0 Å². The smallest absolute Gasteiger partial charge is 0.416 e. The van der Waals surface area contributed by atoms with Crippen molar-refractivity contribution in [1.82, 2.24) is 0 Å². The number of alkyl halides is 3. The number of esters is 1. The van der Waals surface area contributed by atoms with Crippen molar-refractivity contribution in [1.29, 1.82) is 0 Å². The number of hydrogen-bond donors (Lipinski definition) is 0. The van der Waals surface area contributed by atoms with Crippen LogP contribution in [0.3, 0.4) is 0 Å². The van der Waals surface area contributed by atoms with Crippen LogP contribution in [0.15, 0.2) is 72.8 Å². The number of carbonyl (C=O) groups is 2. The maximum absolute atomic E-state index is 12.9. The lowest BCUT2D eigenvalue weighted by molar-refractivity contribution is -0.137. The van der Waals surface area contributed by atoms with E-state index in [9.17, 15) is 27.2 Å². The summed E-state index contributed by atoms with van der Waals surface area (Å²) in [5.74, 6) is -1.80. The highest BCUT2D eigenvalue weighted by Crippen LogP contribution is 2.32. The van der Waals surface area contributed by atoms with Crippen LogP contribution in [0.2, 0.25) is 0 Å². The van der Waals surface area contributed by atoms with Gasteiger partial charge in [0.2, 0.25) is 0 Å². The van der Waals surface area contributed by atoms with Crippen molar-refractivity contribution in [3.8, 4) is 11.1 Å². The number of benzene rings is 3. The van der Waals surface area contributed by atoms with Gasteiger partial charge in [-0.1, -0.05) is 30.3 Å². The van der Waals surface area contributed by atoms with Gasteiger partial charge in [-0.15, -0.1) is 0 Å². The number of ether oxygens (including phenoxy) is 1. The SMILES string of the molecule is O=C(COC(=O)c1ccccc1-c1ccc(C(F)(F)F)cc1)c1ccc(F)cc1. The maximum Gasteiger partial charge on any atom is 0.416 e. The van der Waals surface area contributed by atoms with Gasteiger partial charge >= 0.3 is 12.1 Å². The molecule has 0 unspecified atom stereocenters. The van der Waals surface area contributed by atoms with Crippen molar-refractivity contribution in [2.24, 2.45) is 0 Å². The Labute approximate surface area is 163 Å². The van der Waals surface area contributed by atoms with Crippen molar-refractivity contribution in [3.05, 3.63) is 95.3 Å². The van der Waals surface area contributed by atoms with E-state index in [0.29, 0.717) is 11.1 Å². The van der Waals surface area contributed by atoms with Crippen molar-refractivity contribution >= 4 is 11.8 Å². The maximum atomic E-state index is 12.9. The molecule has 0 bridgehead atoms. The molecule has 0 spiro atoms. The molecule has 3 aromatic rings. The average Bonchev–Trinajstić information content (AvgIpc) is 2.72. The number of rotatable bonds is 5. The number of Topliss-reactive ketones (excluding diaryl/α,β-unsaturated/α-hetero) is 1. The zero-order valence-electron chi connectivity index (χ0n) is 14.9. The monoisotopic (exact) mass is 402 g/mol. The molecule has 3 aromatic carbocycles. The Morgan fingerprint density at radius 3 is 2.07 bits per heavy atom. The van der Waals surface area contributed by atoms with E-state index in [1.54, 1.807) is 18.2 Å². The summed E-state index contributed by atoms with van der Waals surface area (Å²) in [5, 5.41) is 0. The summed E-state index contributed by atoms with van der Waals surface area (Å²) in [6, 6.07) is 15.4. The summed E-state index contributed by atoms with van der Waals surface area (Å²) < 4.78 is 56.2. The fourth-order valence-electron chi connectivity index (χ4n) is 2.68. The van der Waals surface area contributed by atoms with Gasteiger partial charge in [0.1, 0.15) is 5.82 Å². The van der Waals surface area contributed by atoms with Gasteiger partial charge in [-0.25, -0.2) is 9.18 Å². The van der Waals surface area contributed by atoms with Gasteiger partial charge in [0, 0.05) is 5.56 Å². The molecule has 29 heavy (non-hydrogen) atoms. The first kappa shape index (κ1) is 20.3. The molecule has 0 fully saturated rings. The first-order chi connectivity index (χ1) is 13.8. The molecule has 148 valence electrons. The van der Waals surface area contributed by atoms with Crippen LogP contribution in [0.4, 0.5) is 17.6 Å². The number of carbonyl (C=O) groups excluding carboxylic acids is 2. The van der Waals surface area contributed by atoms with Crippen LogP contribution >= 0.6 is 0 Å². The van der Waals surface area contributed by atoms with Crippen LogP contribution in [-0.2, 0) is 10.9 Å². The Morgan fingerprint density at radius 2 is 1.45 bits per heavy atom. The Balaban J connectivity index is 1.76. The second-order valence-electron chi connectivity index (χ2n) is 6.13. The Hall–Kier alpha value is -3.48. The summed E-state index contributed by atoms with van der Waals surface area (Å²) in [5.41, 5.74) is 0.274. The van der Waals surface area contributed by atoms with E-state index < -0.39 is 35.9 Å². The number of halogens is 4. The van der Waals surface area contributed by atoms with E-state index in [1.807, 2.05) is 0 Å². The van der Waals surface area contributed by atoms with E-state index >= 15 is 0 Å². The van der Waals surface area contributed by atoms with E-state index in [1.165, 1.54) is 30.3 Å². The highest BCUT2D eigenvalue weighted by molar-refractivity contribution is 6.01. The molecule has 0 heterocycles. The fraction of sp³-hybridized carbons (Fsp3) is 0.0909. The minimum atomic E-state index is -4.46. The fourth-order valence-corrected chi connectivity index (χ4v) is 2.68. The Bertz CT molecular complexity index is 1020. The summed E-state index contributed by atoms with van der Waals surface area (Å²) in [6.07, 6.45) is -4.46. The number of ketones is 1. The molecule has 0 radical (unpaired) electrons. The molecule has 3 rings (SSSR count). The third kappa shape index (κ3) is 4.87. The summed E-state index contributed by atoms with van der Waals surface area (Å²) in [6.45, 7) is -0.550. The van der Waals surface area contributed by atoms with Crippen molar-refractivity contribution in [2.75, 3.05) is 6.61 Å². The summed E-state index contributed by atoms with van der Waals surface area (Å²) in [7, 11) is 0. The van der Waals surface area contributed by atoms with Crippen LogP contribution in [-0.4, -0.2) is 18.4 Å². The lowest BCUT2D eigenvalue weighted by Gasteiger charge is -2.11. The largest absolute Gasteiger partial charge is 0.454 e. The Morgan fingerprint density at radius 1 is 0.828 bits per heavy atom. The number of hydrogen-bond acceptors (Lipinski definition) is 3. The van der Waals surface area contributed by atoms with E-state index in [2.05, 4.69) is 0 Å². The normalized spacial score (nSPS) is 11.2. The lowest BCUT2D eigenvalue weighted by atomic mass is 9.98. The Kier molecular flexibility index (Phi) is 5.77. The molecule has 0 aliphatic rings. The zero-order valence-corrected chi connectivity index (χ0v) is 14.9. The van der Waals surface area contributed by atoms with Crippen molar-refractivity contribution < 1.29 is 31.9 Å². The van der Waals surface area contributed by atoms with Gasteiger partial charge in [-0.05, 0) is 53.6 Å². The third-order valence-electron chi connectivity index (χ3n) is 4.17. The van der Waals surface area contributed by atoms with Gasteiger partial charge in [0.15, 0.2) is 12.4 Å². The van der Waals surface area contributed by atoms with Gasteiger partial charge < -0.3 is 4.74 Å². The molecule has 3 nitrogen and oxygen atoms in total. The first-order valence-corrected chi connectivity index (χ1v) is 8.48. The van der Waals surface area contributed by atoms with E-state index in [0.717, 1.165) is 24.3 Å². The molecule has 0 aromatic heterocycles. The molecule has 0 aliphatic carbocycles. The van der Waals surface area contributed by atoms with E-state index in [4.69, 9.17) is 4.74 Å². The topological polar surface area (TPSA) is 43.4 Å². The summed E-state index contributed by atoms with van der Waals surface area (Å²) in [4.78, 5) is 24.5. The highest BCUT2D eigenvalue weighted by Gasteiger charge is 2.30. The first-order valence-electron chi connectivity index (χ1n) is 8.48. The standard InChI is InChI=1S/C22H14F4O3/c23-17-11-7-15(8-12-17)20(27)13-29-21(28)19-4-2-1-3-18(19)14-5-9-16(10-6-14)22(24,25)26/h1-12H,13H2. The van der Waals surface area contributed by atoms with Gasteiger partial charge in [0.05, 0.1) is 11.1 Å². The molecule has 0 N–H and O–H groups in total. The molecule has 7 heteroatoms. The second-order valence-corrected chi connectivity index (χ2v) is 6.13. The van der Waals surface area contributed by atoms with E-state index in [-0.39, 0.29) is 11.1 Å². The van der Waals surface area contributed by atoms with Crippen LogP contribution in [0, 0.1) is 5.82 Å². The minimum Gasteiger partial charge on any atom is -0.454 e. The predicted octanol–water partition coefficient (Wildman–Crippen LogP) is 5.55. The molecule has 0 aliphatic heterocycles. The van der Waals surface area contributed by atoms with Crippen molar-refractivity contribution in [3.63, 3.8) is 0 Å². The van der Waals surface area contributed by atoms with Gasteiger partial charge in [0.25, 0.3) is 0 Å². The van der Waals surface area contributed by atoms with Crippen LogP contribution in [0.5, 0.6) is 0 Å². The molecule has 0 saturated carbocycles. The second kappa shape index (κ2) is 8.26. The third-order valence-corrected chi connectivity index (χ3v) is 4.17. The lowest BCUT2D eigenvalue weighted by Crippen LogP contribution is -2.15. The zero-order chi connectivity index (χ0) is 21.0. The van der Waals surface area contributed by atoms with Crippen LogP contribution in [0.25, 0.3) is 11.1 Å². The van der Waals surface area contributed by atoms with Crippen LogP contribution in [0.1, 0.15) is 26.3 Å². The molecule has 0 atom stereocenters. The highest BCUT2D eigenvalue weighted by atomic mass is 19.4. The summed E-state index contributed by atoms with van der Waals surface area (Å²) >= 11 is 0. The average molecular weight is 402 g/mol. The van der Waals surface area contributed by atoms with Crippen molar-refractivity contribution in [2.45, 2.75) is 6.18 Å². The van der Waals surface area contributed by atoms with Gasteiger partial charge in [-0.3, -0.25) is 4.79 Å². The van der Waals surface area contributed by atoms with Gasteiger partial charge in [-0.2, -0.15) is 13.2 Å². The minimum absolute atomic E-state index is 0.110. The predicted molar refractivity (Wildman–Crippen MR) is 97.9 cm³/mol.